The van der Waals surface area contributed by atoms with Gasteiger partial charge in [-0.1, -0.05) is 77.6 Å². The van der Waals surface area contributed by atoms with Gasteiger partial charge in [0, 0.05) is 63.4 Å². The summed E-state index contributed by atoms with van der Waals surface area (Å²) in [7, 11) is 0. The Balaban J connectivity index is 0.960. The highest BCUT2D eigenvalue weighted by Gasteiger charge is 2.42. The van der Waals surface area contributed by atoms with E-state index in [9.17, 15) is 24.0 Å². The van der Waals surface area contributed by atoms with Crippen LogP contribution >= 0.6 is 11.3 Å². The molecule has 1 aromatic heterocycles. The molecule has 13 nitrogen and oxygen atoms in total. The van der Waals surface area contributed by atoms with Crippen LogP contribution in [0.1, 0.15) is 133 Å². The molecule has 5 rings (SSSR count). The van der Waals surface area contributed by atoms with Crippen LogP contribution in [0.2, 0.25) is 0 Å². The third-order valence-electron chi connectivity index (χ3n) is 11.8. The lowest BCUT2D eigenvalue weighted by atomic mass is 9.85. The molecular formula is C47H68N8O5S. The zero-order valence-corrected chi connectivity index (χ0v) is 38.0. The summed E-state index contributed by atoms with van der Waals surface area (Å²) in [6.07, 6.45) is 8.56. The highest BCUT2D eigenvalue weighted by atomic mass is 32.1. The van der Waals surface area contributed by atoms with Crippen molar-refractivity contribution < 1.29 is 24.0 Å². The van der Waals surface area contributed by atoms with Crippen LogP contribution in [0.15, 0.2) is 54.0 Å². The minimum absolute atomic E-state index is 0.149. The van der Waals surface area contributed by atoms with E-state index in [2.05, 4.69) is 43.5 Å². The highest BCUT2D eigenvalue weighted by Crippen LogP contribution is 2.30. The van der Waals surface area contributed by atoms with Gasteiger partial charge in [-0.25, -0.2) is 10.4 Å². The number of likely N-dealkylation sites (tertiary alicyclic amines) is 1. The first-order chi connectivity index (χ1) is 29.3. The molecule has 0 spiro atoms. The Kier molecular flexibility index (Phi) is 17.7. The average molecular weight is 857 g/mol. The molecule has 14 heteroatoms. The molecular weight excluding hydrogens is 789 g/mol. The number of unbranched alkanes of at least 4 members (excludes halogenated alkanes) is 5. The van der Waals surface area contributed by atoms with Crippen molar-refractivity contribution in [3.63, 3.8) is 0 Å². The van der Waals surface area contributed by atoms with E-state index in [0.717, 1.165) is 98.4 Å². The molecule has 0 radical (unpaired) electrons. The van der Waals surface area contributed by atoms with Gasteiger partial charge in [-0.2, -0.15) is 0 Å². The Morgan fingerprint density at radius 3 is 2.11 bits per heavy atom. The van der Waals surface area contributed by atoms with E-state index in [1.807, 2.05) is 88.4 Å². The van der Waals surface area contributed by atoms with Crippen LogP contribution in [-0.2, 0) is 19.2 Å². The van der Waals surface area contributed by atoms with E-state index in [-0.39, 0.29) is 35.6 Å². The summed E-state index contributed by atoms with van der Waals surface area (Å²) >= 11 is 1.61. The van der Waals surface area contributed by atoms with E-state index >= 15 is 0 Å². The van der Waals surface area contributed by atoms with E-state index in [4.69, 9.17) is 0 Å². The third-order valence-corrected chi connectivity index (χ3v) is 12.8. The number of carbonyl (C=O) groups excluding carboxylic acids is 5. The second kappa shape index (κ2) is 22.9. The van der Waals surface area contributed by atoms with Crippen LogP contribution in [0.25, 0.3) is 10.4 Å². The number of hydrogen-bond acceptors (Lipinski definition) is 9. The molecule has 4 N–H and O–H groups in total. The summed E-state index contributed by atoms with van der Waals surface area (Å²) < 4.78 is 0. The molecule has 2 aliphatic rings. The molecule has 5 amide bonds. The van der Waals surface area contributed by atoms with Crippen LogP contribution in [-0.4, -0.2) is 95.7 Å². The van der Waals surface area contributed by atoms with Crippen molar-refractivity contribution in [3.8, 4) is 10.4 Å². The summed E-state index contributed by atoms with van der Waals surface area (Å²) in [5.41, 5.74) is 11.7. The lowest BCUT2D eigenvalue weighted by Gasteiger charge is -2.36. The Morgan fingerprint density at radius 2 is 1.49 bits per heavy atom. The topological polar surface area (TPSA) is 156 Å². The number of nitrogens with zero attached hydrogens (tertiary/aromatic N) is 4. The fourth-order valence-corrected chi connectivity index (χ4v) is 8.86. The first kappa shape index (κ1) is 47.2. The summed E-state index contributed by atoms with van der Waals surface area (Å²) in [5, 5.41) is 6.17. The van der Waals surface area contributed by atoms with Crippen LogP contribution in [0.5, 0.6) is 0 Å². The first-order valence-corrected chi connectivity index (χ1v) is 23.2. The minimum Gasteiger partial charge on any atom is -0.368 e. The summed E-state index contributed by atoms with van der Waals surface area (Å²) in [5.74, 6) is -0.485. The fourth-order valence-electron chi connectivity index (χ4n) is 8.05. The second-order valence-corrected chi connectivity index (χ2v) is 18.4. The van der Waals surface area contributed by atoms with Crippen molar-refractivity contribution in [3.05, 3.63) is 70.9 Å². The van der Waals surface area contributed by atoms with Gasteiger partial charge in [0.25, 0.3) is 5.91 Å². The molecule has 0 saturated carbocycles. The third kappa shape index (κ3) is 13.6. The monoisotopic (exact) mass is 857 g/mol. The molecule has 61 heavy (non-hydrogen) atoms. The SMILES string of the molecule is CCCNNC(=O)c1ccc(N2CCN(C(=O)CCCCCCCCC(=O)N[C@H](C(=O)N3CCC[C@H]3C(=O)N[C@@H](C)c3ccc(-c4scnc4C)cc3)C(C)(C)C)CC2)cc1. The van der Waals surface area contributed by atoms with Crippen LogP contribution in [0.3, 0.4) is 0 Å². The average Bonchev–Trinajstić information content (AvgIpc) is 3.93. The predicted molar refractivity (Wildman–Crippen MR) is 243 cm³/mol. The molecule has 3 atom stereocenters. The molecule has 2 fully saturated rings. The van der Waals surface area contributed by atoms with Crippen LogP contribution < -0.4 is 26.4 Å². The maximum absolute atomic E-state index is 14.0. The standard InChI is InChI=1S/C47H68N8O5S/c1-7-26-49-52-44(58)37-22-24-38(25-23-37)53-28-30-54(31-29-53)41(57)17-13-11-9-8-10-12-16-40(56)51-43(47(4,5)6)46(60)55-27-14-15-39(55)45(59)50-33(2)35-18-20-36(21-19-35)42-34(3)48-32-61-42/h18-25,32-33,39,43,49H,7-17,26-31H2,1-6H3,(H,50,59)(H,51,56)(H,52,58)/t33-,39-,43+/m0/s1. The molecule has 0 bridgehead atoms. The Bertz CT molecular complexity index is 1900. The number of benzene rings is 2. The number of hydrazine groups is 1. The number of aromatic nitrogens is 1. The van der Waals surface area contributed by atoms with Crippen molar-refractivity contribution in [2.45, 2.75) is 130 Å². The zero-order chi connectivity index (χ0) is 43.9. The van der Waals surface area contributed by atoms with Crippen molar-refractivity contribution in [2.75, 3.05) is 44.2 Å². The molecule has 2 saturated heterocycles. The van der Waals surface area contributed by atoms with Crippen molar-refractivity contribution >= 4 is 46.6 Å². The van der Waals surface area contributed by atoms with Gasteiger partial charge in [0.1, 0.15) is 12.1 Å². The van der Waals surface area contributed by atoms with E-state index < -0.39 is 17.5 Å². The number of rotatable bonds is 20. The number of piperazine rings is 1. The maximum Gasteiger partial charge on any atom is 0.265 e. The Morgan fingerprint density at radius 1 is 0.836 bits per heavy atom. The Hall–Kier alpha value is -4.82. The molecule has 3 aromatic rings. The highest BCUT2D eigenvalue weighted by molar-refractivity contribution is 7.13. The van der Waals surface area contributed by atoms with Crippen molar-refractivity contribution in [2.24, 2.45) is 5.41 Å². The molecule has 332 valence electrons. The number of hydrogen-bond donors (Lipinski definition) is 4. The van der Waals surface area contributed by atoms with E-state index in [1.54, 1.807) is 16.2 Å². The van der Waals surface area contributed by atoms with Gasteiger partial charge in [0.2, 0.25) is 23.6 Å². The number of carbonyl (C=O) groups is 5. The quantitative estimate of drug-likeness (QED) is 0.0705. The van der Waals surface area contributed by atoms with Gasteiger partial charge in [0.05, 0.1) is 22.1 Å². The van der Waals surface area contributed by atoms with Gasteiger partial charge < -0.3 is 25.3 Å². The van der Waals surface area contributed by atoms with Crippen molar-refractivity contribution in [1.82, 2.24) is 36.3 Å². The number of aryl methyl sites for hydroxylation is 1. The van der Waals surface area contributed by atoms with Gasteiger partial charge in [0.15, 0.2) is 0 Å². The minimum atomic E-state index is -0.742. The van der Waals surface area contributed by atoms with Gasteiger partial charge >= 0.3 is 0 Å². The fraction of sp³-hybridized carbons (Fsp3) is 0.574. The molecule has 0 aliphatic carbocycles. The largest absolute Gasteiger partial charge is 0.368 e. The van der Waals surface area contributed by atoms with Crippen LogP contribution in [0, 0.1) is 12.3 Å². The molecule has 3 heterocycles. The number of anilines is 1. The molecule has 2 aromatic carbocycles. The van der Waals surface area contributed by atoms with E-state index in [1.165, 1.54) is 0 Å². The van der Waals surface area contributed by atoms with E-state index in [0.29, 0.717) is 44.5 Å². The lowest BCUT2D eigenvalue weighted by molar-refractivity contribution is -0.144. The maximum atomic E-state index is 14.0. The van der Waals surface area contributed by atoms with Gasteiger partial charge in [-0.3, -0.25) is 29.4 Å². The number of thiazole rings is 1. The smallest absolute Gasteiger partial charge is 0.265 e. The summed E-state index contributed by atoms with van der Waals surface area (Å²) in [6, 6.07) is 14.2. The summed E-state index contributed by atoms with van der Waals surface area (Å²) in [4.78, 5) is 77.3. The Labute approximate surface area is 366 Å². The lowest BCUT2D eigenvalue weighted by Crippen LogP contribution is -2.57. The summed E-state index contributed by atoms with van der Waals surface area (Å²) in [6.45, 7) is 15.9. The first-order valence-electron chi connectivity index (χ1n) is 22.3. The van der Waals surface area contributed by atoms with Gasteiger partial charge in [-0.05, 0) is 86.8 Å². The second-order valence-electron chi connectivity index (χ2n) is 17.6. The normalized spacial score (nSPS) is 16.6. The van der Waals surface area contributed by atoms with Crippen molar-refractivity contribution in [1.29, 1.82) is 0 Å². The zero-order valence-electron chi connectivity index (χ0n) is 37.2. The van der Waals surface area contributed by atoms with Crippen LogP contribution in [0.4, 0.5) is 5.69 Å². The number of amides is 5. The van der Waals surface area contributed by atoms with Gasteiger partial charge in [-0.15, -0.1) is 11.3 Å². The number of nitrogens with one attached hydrogen (secondary N) is 4. The molecule has 2 aliphatic heterocycles. The predicted octanol–water partition coefficient (Wildman–Crippen LogP) is 6.93. The molecule has 0 unspecified atom stereocenters.